The zero-order chi connectivity index (χ0) is 2.71. The van der Waals surface area contributed by atoms with E-state index in [9.17, 15) is 0 Å². The number of hydrogen-bond donors (Lipinski definition) is 0. The van der Waals surface area contributed by atoms with Crippen molar-refractivity contribution < 1.29 is 66.5 Å². The Kier molecular flexibility index (Phi) is 97.5. The van der Waals surface area contributed by atoms with Gasteiger partial charge in [0.05, 0.1) is 0 Å². The minimum Gasteiger partial charge on any atom is 0 e. The zero-order valence-electron chi connectivity index (χ0n) is 2.48. The van der Waals surface area contributed by atoms with Gasteiger partial charge in [0, 0.05) is 53.3 Å². The Bertz CT molecular complexity index is 13.5. The van der Waals surface area contributed by atoms with E-state index < -0.39 is 0 Å². The minimum absolute atomic E-state index is 0. The van der Waals surface area contributed by atoms with Gasteiger partial charge in [-0.3, -0.25) is 0 Å². The molecule has 0 spiro atoms. The van der Waals surface area contributed by atoms with Crippen LogP contribution in [0.5, 0.6) is 0 Å². The summed E-state index contributed by atoms with van der Waals surface area (Å²) in [5, 5.41) is 0. The summed E-state index contributed by atoms with van der Waals surface area (Å²) in [6, 6.07) is 0. The summed E-state index contributed by atoms with van der Waals surface area (Å²) < 4.78 is 0. The van der Waals surface area contributed by atoms with E-state index in [1.165, 1.54) is 0 Å². The van der Waals surface area contributed by atoms with Gasteiger partial charge in [-0.25, -0.2) is 0 Å². The van der Waals surface area contributed by atoms with Gasteiger partial charge in [-0.1, -0.05) is 0 Å². The second-order valence-corrected chi connectivity index (χ2v) is 1.60. The standard InChI is InChI=1S/2ClH.Co.Cu.Mn.Zn/h2*1H;;;;/q;;;+2;;/p-2. The van der Waals surface area contributed by atoms with E-state index in [4.69, 9.17) is 0 Å². The van der Waals surface area contributed by atoms with Crippen molar-refractivity contribution in [3.05, 3.63) is 0 Å². The van der Waals surface area contributed by atoms with Crippen molar-refractivity contribution in [3.63, 3.8) is 0 Å². The summed E-state index contributed by atoms with van der Waals surface area (Å²) in [4.78, 5) is 0. The Morgan fingerprint density at radius 3 is 1.17 bits per heavy atom. The van der Waals surface area contributed by atoms with Gasteiger partial charge in [-0.15, -0.1) is 0 Å². The maximum Gasteiger partial charge on any atom is 0 e. The van der Waals surface area contributed by atoms with Gasteiger partial charge in [0.25, 0.3) is 0 Å². The Hall–Kier alpha value is 2.75. The first kappa shape index (κ1) is 23.3. The molecule has 0 saturated carbocycles. The van der Waals surface area contributed by atoms with Crippen LogP contribution in [0.4, 0.5) is 0 Å². The molecule has 0 atom stereocenters. The molecule has 0 bridgehead atoms. The van der Waals surface area contributed by atoms with E-state index in [1.54, 1.807) is 0 Å². The van der Waals surface area contributed by atoms with Crippen molar-refractivity contribution in [2.75, 3.05) is 0 Å². The summed E-state index contributed by atoms with van der Waals surface area (Å²) in [6.45, 7) is 0. The molecule has 0 unspecified atom stereocenters. The molecule has 0 fully saturated rings. The van der Waals surface area contributed by atoms with Crippen LogP contribution in [0.2, 0.25) is 0 Å². The van der Waals surface area contributed by atoms with E-state index in [0.29, 0.717) is 0 Å². The fourth-order valence-electron chi connectivity index (χ4n) is 0. The largest absolute Gasteiger partial charge is 0 e. The zero-order valence-corrected chi connectivity index (χ0v) is 10.1. The van der Waals surface area contributed by atoms with Crippen LogP contribution in [0.15, 0.2) is 0 Å². The summed E-state index contributed by atoms with van der Waals surface area (Å²) in [5.74, 6) is 0. The van der Waals surface area contributed by atoms with Crippen LogP contribution < -0.4 is 0 Å². The molecule has 6 heavy (non-hydrogen) atoms. The molecule has 43 valence electrons. The van der Waals surface area contributed by atoms with Crippen molar-refractivity contribution in [2.45, 2.75) is 0 Å². The van der Waals surface area contributed by atoms with Crippen molar-refractivity contribution in [1.29, 1.82) is 0 Å². The van der Waals surface area contributed by atoms with Crippen LogP contribution in [0, 0.1) is 0 Å². The summed E-state index contributed by atoms with van der Waals surface area (Å²) in [6.07, 6.45) is 0. The number of hydrogen-bond acceptors (Lipinski definition) is 0. The molecule has 6 heteroatoms. The first-order valence-electron chi connectivity index (χ1n) is 0.228. The smallest absolute Gasteiger partial charge is 0 e. The molecular weight excluding hydrogens is 314 g/mol. The summed E-state index contributed by atoms with van der Waals surface area (Å²) >= 11 is 0.757. The van der Waals surface area contributed by atoms with Gasteiger partial charge >= 0.3 is 33.3 Å². The topological polar surface area (TPSA) is 0 Å². The first-order chi connectivity index (χ1) is 1.41. The normalized spacial score (nSPS) is 3.67. The first-order valence-corrected chi connectivity index (χ1v) is 2.82. The van der Waals surface area contributed by atoms with Crippen molar-refractivity contribution in [1.82, 2.24) is 0 Å². The van der Waals surface area contributed by atoms with E-state index >= 15 is 0 Å². The Labute approximate surface area is 85.5 Å². The molecule has 0 rings (SSSR count). The van der Waals surface area contributed by atoms with Gasteiger partial charge in [0.2, 0.25) is 0 Å². The fraction of sp³-hybridized carbons (Fsp3) is 0. The van der Waals surface area contributed by atoms with E-state index in [0.717, 1.165) is 13.1 Å². The minimum atomic E-state index is 0. The molecule has 0 aliphatic rings. The van der Waals surface area contributed by atoms with Crippen molar-refractivity contribution in [3.8, 4) is 0 Å². The molecule has 0 aromatic rings. The quantitative estimate of drug-likeness (QED) is 0.593. The van der Waals surface area contributed by atoms with Crippen molar-refractivity contribution in [2.24, 2.45) is 0 Å². The third-order valence-corrected chi connectivity index (χ3v) is 0. The van der Waals surface area contributed by atoms with Gasteiger partial charge in [0.1, 0.15) is 0 Å². The molecule has 0 N–H and O–H groups in total. The average molecular weight is 314 g/mol. The Morgan fingerprint density at radius 2 is 1.17 bits per heavy atom. The third kappa shape index (κ3) is 29.5. The molecule has 0 saturated heterocycles. The maximum absolute atomic E-state index is 4.67. The molecule has 0 aromatic heterocycles. The van der Waals surface area contributed by atoms with Crippen LogP contribution in [-0.4, -0.2) is 0 Å². The van der Waals surface area contributed by atoms with Crippen LogP contribution >= 0.6 is 20.2 Å². The molecule has 0 aliphatic carbocycles. The molecule has 0 amide bonds. The van der Waals surface area contributed by atoms with Crippen LogP contribution in [-0.2, 0) is 66.5 Å². The van der Waals surface area contributed by atoms with E-state index in [2.05, 4.69) is 20.2 Å². The number of rotatable bonds is 0. The average Bonchev–Trinajstić information content (AvgIpc) is 0.918. The van der Waals surface area contributed by atoms with Crippen LogP contribution in [0.3, 0.4) is 0 Å². The third-order valence-electron chi connectivity index (χ3n) is 0. The molecule has 0 heterocycles. The van der Waals surface area contributed by atoms with Crippen LogP contribution in [0.25, 0.3) is 0 Å². The van der Waals surface area contributed by atoms with Gasteiger partial charge < -0.3 is 0 Å². The molecule has 0 aliphatic heterocycles. The monoisotopic (exact) mass is 311 g/mol. The second kappa shape index (κ2) is 25.1. The van der Waals surface area contributed by atoms with Crippen LogP contribution in [0.1, 0.15) is 0 Å². The summed E-state index contributed by atoms with van der Waals surface area (Å²) in [5.41, 5.74) is 0. The molecule has 2 radical (unpaired) electrons. The van der Waals surface area contributed by atoms with E-state index in [1.807, 2.05) is 0 Å². The predicted molar refractivity (Wildman–Crippen MR) is 11.7 cm³/mol. The number of halogens is 2. The summed E-state index contributed by atoms with van der Waals surface area (Å²) in [7, 11) is 9.34. The SMILES string of the molecule is [Cl][Cu][Cl].[Co].[Mn].[Zn]. The predicted octanol–water partition coefficient (Wildman–Crippen LogP) is 1.37. The van der Waals surface area contributed by atoms with Gasteiger partial charge in [-0.2, -0.15) is 0 Å². The second-order valence-electron chi connectivity index (χ2n) is 0.0431. The molecule has 0 aromatic carbocycles. The van der Waals surface area contributed by atoms with Gasteiger partial charge in [0.15, 0.2) is 0 Å². The maximum atomic E-state index is 4.67. The fourth-order valence-corrected chi connectivity index (χ4v) is 0. The van der Waals surface area contributed by atoms with E-state index in [-0.39, 0.29) is 53.3 Å². The Morgan fingerprint density at radius 1 is 1.17 bits per heavy atom. The molecule has 0 nitrogen and oxygen atoms in total. The molecular formula is Cl2CoCuMnZn. The van der Waals surface area contributed by atoms with Gasteiger partial charge in [-0.05, 0) is 0 Å². The van der Waals surface area contributed by atoms with Crippen molar-refractivity contribution >= 4 is 20.2 Å². The Balaban J connectivity index is -0.00000000667.